The van der Waals surface area contributed by atoms with Crippen molar-refractivity contribution in [2.75, 3.05) is 18.9 Å². The number of amides is 1. The number of benzene rings is 3. The summed E-state index contributed by atoms with van der Waals surface area (Å²) in [7, 11) is 1.82. The topological polar surface area (TPSA) is 75.5 Å². The van der Waals surface area contributed by atoms with E-state index in [1.165, 1.54) is 18.2 Å². The third-order valence-corrected chi connectivity index (χ3v) is 4.34. The number of carbonyl (C=O) groups excluding carboxylic acids is 1. The lowest BCUT2D eigenvalue weighted by atomic mass is 10.1. The summed E-state index contributed by atoms with van der Waals surface area (Å²) in [5.74, 6) is -0.344. The van der Waals surface area contributed by atoms with Gasteiger partial charge in [-0.3, -0.25) is 19.8 Å². The van der Waals surface area contributed by atoms with Crippen molar-refractivity contribution in [2.24, 2.45) is 0 Å². The Morgan fingerprint density at radius 2 is 1.85 bits per heavy atom. The summed E-state index contributed by atoms with van der Waals surface area (Å²) in [5.41, 5.74) is 0.985. The molecule has 0 saturated carbocycles. The van der Waals surface area contributed by atoms with Gasteiger partial charge in [-0.15, -0.1) is 0 Å². The molecular formula is C20H18ClN3O3. The molecule has 0 fully saturated rings. The molecule has 0 unspecified atom stereocenters. The number of anilines is 1. The standard InChI is InChI=1S/C20H18ClN3O3/c1-23(12-14-6-7-15-4-2-3-5-16(15)10-14)13-20(25)22-18-11-17(21)8-9-19(18)24(26)27/h2-11H,12-13H2,1H3,(H,22,25). The van der Waals surface area contributed by atoms with Gasteiger partial charge in [0, 0.05) is 17.6 Å². The molecule has 0 aliphatic rings. The molecule has 0 aliphatic heterocycles. The number of carbonyl (C=O) groups is 1. The number of hydrogen-bond donors (Lipinski definition) is 1. The molecule has 0 heterocycles. The molecular weight excluding hydrogens is 366 g/mol. The zero-order chi connectivity index (χ0) is 19.4. The van der Waals surface area contributed by atoms with Crippen molar-refractivity contribution in [3.63, 3.8) is 0 Å². The maximum atomic E-state index is 12.3. The van der Waals surface area contributed by atoms with Crippen molar-refractivity contribution in [1.82, 2.24) is 4.90 Å². The first-order valence-corrected chi connectivity index (χ1v) is 8.70. The SMILES string of the molecule is CN(CC(=O)Nc1cc(Cl)ccc1[N+](=O)[O-])Cc1ccc2ccccc2c1. The van der Waals surface area contributed by atoms with Gasteiger partial charge in [0.05, 0.1) is 11.5 Å². The number of hydrogen-bond acceptors (Lipinski definition) is 4. The van der Waals surface area contributed by atoms with Crippen LogP contribution in [0.5, 0.6) is 0 Å². The zero-order valence-electron chi connectivity index (χ0n) is 14.7. The second-order valence-corrected chi connectivity index (χ2v) is 6.76. The molecule has 3 aromatic carbocycles. The second kappa shape index (κ2) is 8.16. The number of likely N-dealkylation sites (N-methyl/N-ethyl adjacent to an activating group) is 1. The Balaban J connectivity index is 1.65. The van der Waals surface area contributed by atoms with Gasteiger partial charge >= 0.3 is 0 Å². The van der Waals surface area contributed by atoms with Gasteiger partial charge in [0.2, 0.25) is 5.91 Å². The lowest BCUT2D eigenvalue weighted by Crippen LogP contribution is -2.30. The van der Waals surface area contributed by atoms with Crippen molar-refractivity contribution in [3.8, 4) is 0 Å². The number of nitro groups is 1. The van der Waals surface area contributed by atoms with Gasteiger partial charge in [-0.2, -0.15) is 0 Å². The summed E-state index contributed by atoms with van der Waals surface area (Å²) in [4.78, 5) is 24.7. The maximum Gasteiger partial charge on any atom is 0.292 e. The van der Waals surface area contributed by atoms with Crippen LogP contribution in [0.1, 0.15) is 5.56 Å². The monoisotopic (exact) mass is 383 g/mol. The lowest BCUT2D eigenvalue weighted by molar-refractivity contribution is -0.383. The van der Waals surface area contributed by atoms with Crippen LogP contribution >= 0.6 is 11.6 Å². The number of fused-ring (bicyclic) bond motifs is 1. The van der Waals surface area contributed by atoms with E-state index in [4.69, 9.17) is 11.6 Å². The van der Waals surface area contributed by atoms with E-state index in [1.807, 2.05) is 48.3 Å². The van der Waals surface area contributed by atoms with Gasteiger partial charge in [0.1, 0.15) is 5.69 Å². The molecule has 1 N–H and O–H groups in total. The Bertz CT molecular complexity index is 1010. The molecule has 0 radical (unpaired) electrons. The average molecular weight is 384 g/mol. The van der Waals surface area contributed by atoms with Crippen molar-refractivity contribution in [2.45, 2.75) is 6.54 Å². The summed E-state index contributed by atoms with van der Waals surface area (Å²) in [6.45, 7) is 0.673. The van der Waals surface area contributed by atoms with Gasteiger partial charge in [-0.05, 0) is 41.6 Å². The van der Waals surface area contributed by atoms with E-state index in [0.29, 0.717) is 11.6 Å². The molecule has 1 amide bonds. The van der Waals surface area contributed by atoms with E-state index in [9.17, 15) is 14.9 Å². The number of nitrogens with one attached hydrogen (secondary N) is 1. The third kappa shape index (κ3) is 4.81. The van der Waals surface area contributed by atoms with Crippen LogP contribution in [0.4, 0.5) is 11.4 Å². The van der Waals surface area contributed by atoms with E-state index >= 15 is 0 Å². The van der Waals surface area contributed by atoms with Gasteiger partial charge in [-0.1, -0.05) is 48.0 Å². The second-order valence-electron chi connectivity index (χ2n) is 6.32. The van der Waals surface area contributed by atoms with Crippen LogP contribution < -0.4 is 5.32 Å². The van der Waals surface area contributed by atoms with Crippen molar-refractivity contribution >= 4 is 39.7 Å². The summed E-state index contributed by atoms with van der Waals surface area (Å²) in [6.07, 6.45) is 0. The van der Waals surface area contributed by atoms with E-state index in [1.54, 1.807) is 0 Å². The molecule has 7 heteroatoms. The van der Waals surface area contributed by atoms with Crippen LogP contribution in [0.2, 0.25) is 5.02 Å². The molecule has 0 aliphatic carbocycles. The quantitative estimate of drug-likeness (QED) is 0.503. The van der Waals surface area contributed by atoms with Gasteiger partial charge < -0.3 is 5.32 Å². The highest BCUT2D eigenvalue weighted by atomic mass is 35.5. The zero-order valence-corrected chi connectivity index (χ0v) is 15.4. The fourth-order valence-corrected chi connectivity index (χ4v) is 3.08. The fourth-order valence-electron chi connectivity index (χ4n) is 2.91. The molecule has 6 nitrogen and oxygen atoms in total. The largest absolute Gasteiger partial charge is 0.319 e. The highest BCUT2D eigenvalue weighted by Crippen LogP contribution is 2.27. The molecule has 0 atom stereocenters. The molecule has 138 valence electrons. The molecule has 0 saturated heterocycles. The third-order valence-electron chi connectivity index (χ3n) is 4.11. The highest BCUT2D eigenvalue weighted by molar-refractivity contribution is 6.31. The average Bonchev–Trinajstić information content (AvgIpc) is 2.61. The first-order chi connectivity index (χ1) is 12.9. The first kappa shape index (κ1) is 18.8. The molecule has 3 rings (SSSR count). The van der Waals surface area contributed by atoms with Crippen molar-refractivity contribution < 1.29 is 9.72 Å². The smallest absolute Gasteiger partial charge is 0.292 e. The molecule has 0 bridgehead atoms. The summed E-state index contributed by atoms with van der Waals surface area (Å²) in [6, 6.07) is 18.3. The van der Waals surface area contributed by atoms with E-state index < -0.39 is 4.92 Å². The molecule has 3 aromatic rings. The summed E-state index contributed by atoms with van der Waals surface area (Å²) < 4.78 is 0. The predicted octanol–water partition coefficient (Wildman–Crippen LogP) is 4.47. The number of nitro benzene ring substituents is 1. The fraction of sp³-hybridized carbons (Fsp3) is 0.150. The lowest BCUT2D eigenvalue weighted by Gasteiger charge is -2.17. The van der Waals surface area contributed by atoms with Crippen LogP contribution in [-0.4, -0.2) is 29.3 Å². The number of halogens is 1. The van der Waals surface area contributed by atoms with Crippen LogP contribution in [0.3, 0.4) is 0 Å². The van der Waals surface area contributed by atoms with Gasteiger partial charge in [-0.25, -0.2) is 0 Å². The number of rotatable bonds is 6. The van der Waals surface area contributed by atoms with Crippen LogP contribution in [0, 0.1) is 10.1 Å². The first-order valence-electron chi connectivity index (χ1n) is 8.32. The Kier molecular flexibility index (Phi) is 5.69. The minimum Gasteiger partial charge on any atom is -0.319 e. The summed E-state index contributed by atoms with van der Waals surface area (Å²) in [5, 5.41) is 16.3. The number of nitrogens with zero attached hydrogens (tertiary/aromatic N) is 2. The van der Waals surface area contributed by atoms with Crippen LogP contribution in [0.25, 0.3) is 10.8 Å². The van der Waals surface area contributed by atoms with E-state index in [0.717, 1.165) is 16.3 Å². The normalized spacial score (nSPS) is 10.9. The Hall–Kier alpha value is -2.96. The van der Waals surface area contributed by atoms with E-state index in [2.05, 4.69) is 11.4 Å². The van der Waals surface area contributed by atoms with Crippen molar-refractivity contribution in [3.05, 3.63) is 81.4 Å². The molecule has 27 heavy (non-hydrogen) atoms. The Morgan fingerprint density at radius 3 is 2.59 bits per heavy atom. The minimum atomic E-state index is -0.551. The van der Waals surface area contributed by atoms with Crippen LogP contribution in [0.15, 0.2) is 60.7 Å². The Labute approximate surface area is 161 Å². The van der Waals surface area contributed by atoms with E-state index in [-0.39, 0.29) is 23.8 Å². The molecule has 0 aromatic heterocycles. The maximum absolute atomic E-state index is 12.3. The Morgan fingerprint density at radius 1 is 1.11 bits per heavy atom. The van der Waals surface area contributed by atoms with Gasteiger partial charge in [0.25, 0.3) is 5.69 Å². The highest BCUT2D eigenvalue weighted by Gasteiger charge is 2.17. The minimum absolute atomic E-state index is 0.0937. The van der Waals surface area contributed by atoms with Crippen molar-refractivity contribution in [1.29, 1.82) is 0 Å². The van der Waals surface area contributed by atoms with Gasteiger partial charge in [0.15, 0.2) is 0 Å². The van der Waals surface area contributed by atoms with Crippen LogP contribution in [-0.2, 0) is 11.3 Å². The summed E-state index contributed by atoms with van der Waals surface area (Å²) >= 11 is 5.88. The molecule has 0 spiro atoms. The predicted molar refractivity (Wildman–Crippen MR) is 107 cm³/mol.